The molecule has 228 valence electrons. The van der Waals surface area contributed by atoms with Gasteiger partial charge in [-0.15, -0.1) is 11.3 Å². The maximum absolute atomic E-state index is 6.51. The van der Waals surface area contributed by atoms with Crippen molar-refractivity contribution in [1.29, 1.82) is 0 Å². The van der Waals surface area contributed by atoms with Crippen LogP contribution in [0.3, 0.4) is 0 Å². The van der Waals surface area contributed by atoms with Crippen molar-refractivity contribution in [3.63, 3.8) is 0 Å². The Morgan fingerprint density at radius 1 is 0.881 bits per heavy atom. The first-order chi connectivity index (χ1) is 19.6. The van der Waals surface area contributed by atoms with Crippen LogP contribution >= 0.6 is 11.3 Å². The maximum atomic E-state index is 6.51. The van der Waals surface area contributed by atoms with Gasteiger partial charge in [0.2, 0.25) is 0 Å². The number of hydrogen-bond donors (Lipinski definition) is 1. The van der Waals surface area contributed by atoms with Crippen LogP contribution in [0.5, 0.6) is 5.75 Å². The van der Waals surface area contributed by atoms with Crippen molar-refractivity contribution in [2.45, 2.75) is 129 Å². The number of pyridine rings is 2. The molecule has 42 heavy (non-hydrogen) atoms. The van der Waals surface area contributed by atoms with Crippen LogP contribution in [0.4, 0.5) is 5.82 Å². The Morgan fingerprint density at radius 3 is 2.14 bits per heavy atom. The van der Waals surface area contributed by atoms with E-state index in [4.69, 9.17) is 20.4 Å². The molecule has 2 aliphatic rings. The molecule has 0 atom stereocenters. The molecule has 2 N–H and O–H groups in total. The van der Waals surface area contributed by atoms with E-state index in [1.807, 2.05) is 18.5 Å². The lowest BCUT2D eigenvalue weighted by Crippen LogP contribution is -2.45. The number of anilines is 1. The first-order valence-corrected chi connectivity index (χ1v) is 16.6. The summed E-state index contributed by atoms with van der Waals surface area (Å²) in [4.78, 5) is 18.4. The van der Waals surface area contributed by atoms with Crippen molar-refractivity contribution >= 4 is 17.2 Å². The minimum atomic E-state index is -0.0693. The van der Waals surface area contributed by atoms with E-state index < -0.39 is 0 Å². The molecule has 1 saturated heterocycles. The van der Waals surface area contributed by atoms with Crippen molar-refractivity contribution < 1.29 is 4.74 Å². The fraction of sp³-hybridized carbons (Fsp3) is 0.629. The predicted octanol–water partition coefficient (Wildman–Crippen LogP) is 8.60. The van der Waals surface area contributed by atoms with E-state index in [1.165, 1.54) is 46.8 Å². The number of piperidine rings is 1. The second-order valence-corrected chi connectivity index (χ2v) is 16.5. The minimum absolute atomic E-state index is 0.0646. The van der Waals surface area contributed by atoms with Crippen LogP contribution in [0.15, 0.2) is 24.5 Å². The summed E-state index contributed by atoms with van der Waals surface area (Å²) in [5.74, 6) is 2.11. The predicted molar refractivity (Wildman–Crippen MR) is 176 cm³/mol. The van der Waals surface area contributed by atoms with Gasteiger partial charge in [0.25, 0.3) is 0 Å². The Hall–Kier alpha value is -2.51. The van der Waals surface area contributed by atoms with E-state index in [0.29, 0.717) is 30.0 Å². The van der Waals surface area contributed by atoms with E-state index in [1.54, 1.807) is 11.3 Å². The molecule has 4 heterocycles. The quantitative estimate of drug-likeness (QED) is 0.310. The highest BCUT2D eigenvalue weighted by molar-refractivity contribution is 7.15. The summed E-state index contributed by atoms with van der Waals surface area (Å²) in [6, 6.07) is 4.34. The van der Waals surface area contributed by atoms with Gasteiger partial charge in [-0.2, -0.15) is 0 Å². The summed E-state index contributed by atoms with van der Waals surface area (Å²) in [5, 5.41) is 1.22. The average Bonchev–Trinajstić information content (AvgIpc) is 3.36. The van der Waals surface area contributed by atoms with Crippen molar-refractivity contribution in [2.75, 3.05) is 18.8 Å². The van der Waals surface area contributed by atoms with Gasteiger partial charge in [-0.3, -0.25) is 9.88 Å². The van der Waals surface area contributed by atoms with E-state index in [2.05, 4.69) is 78.3 Å². The van der Waals surface area contributed by atoms with E-state index in [-0.39, 0.29) is 16.4 Å². The standard InChI is InChI=1S/C35H51N5OS/c1-33(2,3)29-25(17-26(22-11-10-12-22)39-30(29)34(4,5)6)21-41-27-18-24(19-37-31(27)36)28-20-38-32(42-28)23-13-15-40(16-14-23)35(7,8)9/h17-20,22-23H,10-16,21H2,1-9H3,(H2,36,37). The summed E-state index contributed by atoms with van der Waals surface area (Å²) in [5.41, 5.74) is 12.3. The third kappa shape index (κ3) is 6.67. The second kappa shape index (κ2) is 11.5. The number of nitrogen functional groups attached to an aromatic ring is 1. The molecule has 1 saturated carbocycles. The van der Waals surface area contributed by atoms with Crippen LogP contribution in [-0.2, 0) is 17.4 Å². The SMILES string of the molecule is CC(C)(C)c1nc(C2CCC2)cc(COc2cc(-c3cnc(C4CCN(C(C)(C)C)CC4)s3)cnc2N)c1C(C)(C)C. The third-order valence-electron chi connectivity index (χ3n) is 8.97. The fourth-order valence-corrected chi connectivity index (χ4v) is 7.36. The van der Waals surface area contributed by atoms with Crippen molar-refractivity contribution in [1.82, 2.24) is 19.9 Å². The molecular formula is C35H51N5OS. The smallest absolute Gasteiger partial charge is 0.166 e. The minimum Gasteiger partial charge on any atom is -0.485 e. The molecule has 0 bridgehead atoms. The van der Waals surface area contributed by atoms with Crippen LogP contribution < -0.4 is 10.5 Å². The Labute approximate surface area is 257 Å². The lowest BCUT2D eigenvalue weighted by Gasteiger charge is -2.40. The number of ether oxygens (including phenoxy) is 1. The molecule has 1 aliphatic heterocycles. The highest BCUT2D eigenvalue weighted by Crippen LogP contribution is 2.42. The zero-order valence-electron chi connectivity index (χ0n) is 27.3. The molecule has 2 fully saturated rings. The first-order valence-electron chi connectivity index (χ1n) is 15.8. The Bertz CT molecular complexity index is 1400. The lowest BCUT2D eigenvalue weighted by atomic mass is 9.74. The monoisotopic (exact) mass is 589 g/mol. The highest BCUT2D eigenvalue weighted by atomic mass is 32.1. The zero-order valence-corrected chi connectivity index (χ0v) is 28.1. The molecule has 0 spiro atoms. The van der Waals surface area contributed by atoms with Crippen LogP contribution in [0.1, 0.15) is 134 Å². The summed E-state index contributed by atoms with van der Waals surface area (Å²) in [6.07, 6.45) is 9.87. The summed E-state index contributed by atoms with van der Waals surface area (Å²) >= 11 is 1.78. The highest BCUT2D eigenvalue weighted by Gasteiger charge is 2.33. The molecule has 0 aromatic carbocycles. The number of rotatable bonds is 6. The lowest BCUT2D eigenvalue weighted by molar-refractivity contribution is 0.102. The first kappa shape index (κ1) is 30.9. The van der Waals surface area contributed by atoms with Crippen LogP contribution in [-0.4, -0.2) is 38.5 Å². The molecule has 0 amide bonds. The molecule has 0 unspecified atom stereocenters. The molecule has 3 aromatic rings. The van der Waals surface area contributed by atoms with Gasteiger partial charge in [0, 0.05) is 46.4 Å². The zero-order chi connectivity index (χ0) is 30.4. The summed E-state index contributed by atoms with van der Waals surface area (Å²) < 4.78 is 6.51. The number of aromatic nitrogens is 3. The van der Waals surface area contributed by atoms with Gasteiger partial charge in [0.15, 0.2) is 11.6 Å². The molecule has 6 nitrogen and oxygen atoms in total. The maximum Gasteiger partial charge on any atom is 0.166 e. The van der Waals surface area contributed by atoms with Crippen LogP contribution in [0.25, 0.3) is 10.4 Å². The summed E-state index contributed by atoms with van der Waals surface area (Å²) in [6.45, 7) is 23.2. The average molecular weight is 590 g/mol. The topological polar surface area (TPSA) is 77.2 Å². The molecule has 1 aliphatic carbocycles. The van der Waals surface area contributed by atoms with Gasteiger partial charge in [-0.1, -0.05) is 48.0 Å². The van der Waals surface area contributed by atoms with Gasteiger partial charge in [0.05, 0.1) is 15.6 Å². The summed E-state index contributed by atoms with van der Waals surface area (Å²) in [7, 11) is 0. The van der Waals surface area contributed by atoms with Gasteiger partial charge in [-0.25, -0.2) is 9.97 Å². The van der Waals surface area contributed by atoms with Gasteiger partial charge >= 0.3 is 0 Å². The Balaban J connectivity index is 1.38. The van der Waals surface area contributed by atoms with Crippen LogP contribution in [0.2, 0.25) is 0 Å². The van der Waals surface area contributed by atoms with Crippen molar-refractivity contribution in [2.24, 2.45) is 0 Å². The van der Waals surface area contributed by atoms with E-state index in [0.717, 1.165) is 36.4 Å². The normalized spacial score (nSPS) is 17.8. The van der Waals surface area contributed by atoms with Gasteiger partial charge in [-0.05, 0) is 88.2 Å². The fourth-order valence-electron chi connectivity index (χ4n) is 6.29. The van der Waals surface area contributed by atoms with Gasteiger partial charge < -0.3 is 10.5 Å². The Kier molecular flexibility index (Phi) is 8.49. The van der Waals surface area contributed by atoms with Crippen molar-refractivity contribution in [3.8, 4) is 16.2 Å². The second-order valence-electron chi connectivity index (χ2n) is 15.4. The number of thiazole rings is 1. The van der Waals surface area contributed by atoms with Crippen molar-refractivity contribution in [3.05, 3.63) is 52.0 Å². The number of nitrogens with two attached hydrogens (primary N) is 1. The third-order valence-corrected chi connectivity index (χ3v) is 10.2. The molecule has 5 rings (SSSR count). The number of hydrogen-bond acceptors (Lipinski definition) is 7. The molecule has 3 aromatic heterocycles. The van der Waals surface area contributed by atoms with E-state index >= 15 is 0 Å². The van der Waals surface area contributed by atoms with Gasteiger partial charge in [0.1, 0.15) is 6.61 Å². The largest absolute Gasteiger partial charge is 0.485 e. The number of nitrogens with zero attached hydrogens (tertiary/aromatic N) is 4. The van der Waals surface area contributed by atoms with E-state index in [9.17, 15) is 0 Å². The van der Waals surface area contributed by atoms with Crippen LogP contribution in [0, 0.1) is 0 Å². The molecular weight excluding hydrogens is 538 g/mol. The molecule has 7 heteroatoms. The number of likely N-dealkylation sites (tertiary alicyclic amines) is 1. The molecule has 0 radical (unpaired) electrons. The Morgan fingerprint density at radius 2 is 1.57 bits per heavy atom.